The van der Waals surface area contributed by atoms with Crippen LogP contribution in [0.25, 0.3) is 5.69 Å². The van der Waals surface area contributed by atoms with E-state index in [4.69, 9.17) is 9.26 Å². The Balaban J connectivity index is 1.76. The van der Waals surface area contributed by atoms with Crippen LogP contribution in [0.2, 0.25) is 0 Å². The van der Waals surface area contributed by atoms with Crippen LogP contribution in [0.3, 0.4) is 0 Å². The molecule has 0 N–H and O–H groups in total. The number of hydrogen-bond acceptors (Lipinski definition) is 5. The van der Waals surface area contributed by atoms with Gasteiger partial charge in [-0.1, -0.05) is 16.9 Å². The van der Waals surface area contributed by atoms with E-state index in [2.05, 4.69) is 10.1 Å². The Morgan fingerprint density at radius 2 is 2.10 bits per heavy atom. The number of ether oxygens (including phenoxy) is 1. The van der Waals surface area contributed by atoms with Crippen molar-refractivity contribution in [1.82, 2.24) is 14.7 Å². The zero-order valence-corrected chi connectivity index (χ0v) is 12.6. The van der Waals surface area contributed by atoms with Crippen molar-refractivity contribution < 1.29 is 9.26 Å². The molecule has 0 aliphatic rings. The minimum atomic E-state index is 0.727. The average molecular weight is 301 g/mol. The summed E-state index contributed by atoms with van der Waals surface area (Å²) >= 11 is 1.62. The zero-order valence-electron chi connectivity index (χ0n) is 11.8. The van der Waals surface area contributed by atoms with Crippen LogP contribution in [-0.4, -0.2) is 21.8 Å². The van der Waals surface area contributed by atoms with E-state index >= 15 is 0 Å². The molecule has 5 nitrogen and oxygen atoms in total. The smallest absolute Gasteiger partial charge is 0.172 e. The number of methoxy groups -OCH3 is 1. The molecule has 1 aromatic carbocycles. The Morgan fingerprint density at radius 1 is 1.29 bits per heavy atom. The second-order valence-electron chi connectivity index (χ2n) is 4.50. The largest absolute Gasteiger partial charge is 0.497 e. The van der Waals surface area contributed by atoms with Crippen molar-refractivity contribution in [3.05, 3.63) is 54.2 Å². The van der Waals surface area contributed by atoms with Crippen LogP contribution in [0.4, 0.5) is 0 Å². The van der Waals surface area contributed by atoms with Gasteiger partial charge in [0, 0.05) is 29.9 Å². The summed E-state index contributed by atoms with van der Waals surface area (Å²) in [6, 6.07) is 9.82. The number of thioether (sulfide) groups is 1. The summed E-state index contributed by atoms with van der Waals surface area (Å²) in [6.45, 7) is 1.89. The van der Waals surface area contributed by atoms with E-state index in [1.165, 1.54) is 0 Å². The highest BCUT2D eigenvalue weighted by Gasteiger charge is 2.08. The van der Waals surface area contributed by atoms with Gasteiger partial charge in [-0.3, -0.25) is 4.57 Å². The molecule has 0 bridgehead atoms. The highest BCUT2D eigenvalue weighted by molar-refractivity contribution is 7.98. The van der Waals surface area contributed by atoms with Crippen molar-refractivity contribution >= 4 is 11.8 Å². The maximum atomic E-state index is 5.18. The van der Waals surface area contributed by atoms with Crippen LogP contribution in [0.5, 0.6) is 5.75 Å². The van der Waals surface area contributed by atoms with Crippen LogP contribution in [0, 0.1) is 6.92 Å². The molecule has 0 aliphatic heterocycles. The first kappa shape index (κ1) is 13.8. The number of imidazole rings is 1. The lowest BCUT2D eigenvalue weighted by Gasteiger charge is -2.07. The first-order valence-electron chi connectivity index (χ1n) is 6.49. The summed E-state index contributed by atoms with van der Waals surface area (Å²) in [5.74, 6) is 2.39. The molecule has 2 aromatic heterocycles. The van der Waals surface area contributed by atoms with Gasteiger partial charge in [0.15, 0.2) is 5.16 Å². The van der Waals surface area contributed by atoms with Crippen LogP contribution >= 0.6 is 11.8 Å². The molecule has 0 unspecified atom stereocenters. The summed E-state index contributed by atoms with van der Waals surface area (Å²) in [7, 11) is 1.66. The fourth-order valence-corrected chi connectivity index (χ4v) is 2.81. The molecule has 3 rings (SSSR count). The van der Waals surface area contributed by atoms with Gasteiger partial charge in [0.2, 0.25) is 0 Å². The van der Waals surface area contributed by atoms with Crippen molar-refractivity contribution in [1.29, 1.82) is 0 Å². The highest BCUT2D eigenvalue weighted by Crippen LogP contribution is 2.24. The molecular weight excluding hydrogens is 286 g/mol. The molecule has 0 fully saturated rings. The summed E-state index contributed by atoms with van der Waals surface area (Å²) in [4.78, 5) is 4.39. The zero-order chi connectivity index (χ0) is 14.7. The van der Waals surface area contributed by atoms with Gasteiger partial charge in [0.1, 0.15) is 11.5 Å². The number of aromatic nitrogens is 3. The predicted molar refractivity (Wildman–Crippen MR) is 80.9 cm³/mol. The standard InChI is InChI=1S/C15H15N3O2S/c1-11-9-12(17-20-11)10-21-15-16-7-8-18(15)13-3-5-14(19-2)6-4-13/h3-9H,10H2,1-2H3. The first-order chi connectivity index (χ1) is 10.3. The molecule has 0 aliphatic carbocycles. The third kappa shape index (κ3) is 3.11. The van der Waals surface area contributed by atoms with Gasteiger partial charge in [-0.15, -0.1) is 0 Å². The Morgan fingerprint density at radius 3 is 2.76 bits per heavy atom. The van der Waals surface area contributed by atoms with Crippen LogP contribution in [0.15, 0.2) is 52.4 Å². The molecule has 0 saturated carbocycles. The fourth-order valence-electron chi connectivity index (χ4n) is 1.96. The molecule has 0 amide bonds. The van der Waals surface area contributed by atoms with E-state index < -0.39 is 0 Å². The predicted octanol–water partition coefficient (Wildman–Crippen LogP) is 3.47. The monoisotopic (exact) mass is 301 g/mol. The van der Waals surface area contributed by atoms with Gasteiger partial charge in [0.05, 0.1) is 12.8 Å². The third-order valence-electron chi connectivity index (χ3n) is 2.98. The maximum Gasteiger partial charge on any atom is 0.172 e. The fraction of sp³-hybridized carbons (Fsp3) is 0.200. The number of rotatable bonds is 5. The van der Waals surface area contributed by atoms with E-state index in [-0.39, 0.29) is 0 Å². The van der Waals surface area contributed by atoms with E-state index in [9.17, 15) is 0 Å². The summed E-state index contributed by atoms with van der Waals surface area (Å²) in [5, 5.41) is 4.91. The van der Waals surface area contributed by atoms with Crippen molar-refractivity contribution in [2.75, 3.05) is 7.11 Å². The lowest BCUT2D eigenvalue weighted by Crippen LogP contribution is -1.95. The minimum Gasteiger partial charge on any atom is -0.497 e. The minimum absolute atomic E-state index is 0.727. The Bertz CT molecular complexity index is 719. The van der Waals surface area contributed by atoms with Crippen molar-refractivity contribution in [2.45, 2.75) is 17.8 Å². The lowest BCUT2D eigenvalue weighted by atomic mass is 10.3. The topological polar surface area (TPSA) is 53.1 Å². The summed E-state index contributed by atoms with van der Waals surface area (Å²) < 4.78 is 12.3. The SMILES string of the molecule is COc1ccc(-n2ccnc2SCc2cc(C)on2)cc1. The molecule has 6 heteroatoms. The van der Waals surface area contributed by atoms with Gasteiger partial charge in [-0.2, -0.15) is 0 Å². The Labute approximate surface area is 126 Å². The third-order valence-corrected chi connectivity index (χ3v) is 3.98. The molecule has 0 radical (unpaired) electrons. The second kappa shape index (κ2) is 6.05. The Hall–Kier alpha value is -2.21. The average Bonchev–Trinajstić information content (AvgIpc) is 3.14. The van der Waals surface area contributed by atoms with Crippen molar-refractivity contribution in [3.63, 3.8) is 0 Å². The number of hydrogen-bond donors (Lipinski definition) is 0. The number of benzene rings is 1. The van der Waals surface area contributed by atoms with Crippen molar-refractivity contribution in [3.8, 4) is 11.4 Å². The second-order valence-corrected chi connectivity index (χ2v) is 5.44. The van der Waals surface area contributed by atoms with Crippen LogP contribution in [0.1, 0.15) is 11.5 Å². The van der Waals surface area contributed by atoms with E-state index in [1.807, 2.05) is 48.0 Å². The van der Waals surface area contributed by atoms with Gasteiger partial charge >= 0.3 is 0 Å². The van der Waals surface area contributed by atoms with E-state index in [1.54, 1.807) is 25.1 Å². The van der Waals surface area contributed by atoms with Crippen molar-refractivity contribution in [2.24, 2.45) is 0 Å². The summed E-state index contributed by atoms with van der Waals surface area (Å²) in [5.41, 5.74) is 1.97. The normalized spacial score (nSPS) is 10.8. The number of nitrogens with zero attached hydrogens (tertiary/aromatic N) is 3. The molecular formula is C15H15N3O2S. The molecule has 2 heterocycles. The Kier molecular flexibility index (Phi) is 3.96. The van der Waals surface area contributed by atoms with Gasteiger partial charge < -0.3 is 9.26 Å². The first-order valence-corrected chi connectivity index (χ1v) is 7.47. The quantitative estimate of drug-likeness (QED) is 0.675. The van der Waals surface area contributed by atoms with Gasteiger partial charge in [-0.05, 0) is 31.2 Å². The molecule has 0 saturated heterocycles. The van der Waals surface area contributed by atoms with Gasteiger partial charge in [0.25, 0.3) is 0 Å². The number of aryl methyl sites for hydroxylation is 1. The van der Waals surface area contributed by atoms with E-state index in [0.29, 0.717) is 0 Å². The molecule has 21 heavy (non-hydrogen) atoms. The lowest BCUT2D eigenvalue weighted by molar-refractivity contribution is 0.393. The summed E-state index contributed by atoms with van der Waals surface area (Å²) in [6.07, 6.45) is 3.73. The van der Waals surface area contributed by atoms with Crippen LogP contribution in [-0.2, 0) is 5.75 Å². The van der Waals surface area contributed by atoms with Gasteiger partial charge in [-0.25, -0.2) is 4.98 Å². The van der Waals surface area contributed by atoms with Crippen LogP contribution < -0.4 is 4.74 Å². The molecule has 108 valence electrons. The molecule has 0 spiro atoms. The highest BCUT2D eigenvalue weighted by atomic mass is 32.2. The van der Waals surface area contributed by atoms with E-state index in [0.717, 1.165) is 33.8 Å². The molecule has 0 atom stereocenters. The maximum absolute atomic E-state index is 5.18. The molecule has 3 aromatic rings.